The van der Waals surface area contributed by atoms with E-state index in [1.54, 1.807) is 25.9 Å². The van der Waals surface area contributed by atoms with Crippen LogP contribution in [0.5, 0.6) is 23.0 Å². The van der Waals surface area contributed by atoms with Crippen molar-refractivity contribution in [2.75, 3.05) is 7.11 Å². The smallest absolute Gasteiger partial charge is 0.256 e. The van der Waals surface area contributed by atoms with Gasteiger partial charge in [0, 0.05) is 6.54 Å². The van der Waals surface area contributed by atoms with Crippen molar-refractivity contribution in [2.24, 2.45) is 0 Å². The van der Waals surface area contributed by atoms with E-state index in [1.165, 1.54) is 0 Å². The minimum atomic E-state index is -0.975. The molecule has 178 valence electrons. The average molecular weight is 462 g/mol. The molecule has 4 rings (SSSR count). The molecule has 6 nitrogen and oxygen atoms in total. The van der Waals surface area contributed by atoms with Crippen LogP contribution >= 0.6 is 0 Å². The van der Waals surface area contributed by atoms with Crippen LogP contribution in [0.4, 0.5) is 0 Å². The fourth-order valence-corrected chi connectivity index (χ4v) is 4.00. The van der Waals surface area contributed by atoms with Crippen LogP contribution in [0.2, 0.25) is 0 Å². The summed E-state index contributed by atoms with van der Waals surface area (Å²) >= 11 is 0. The Hall–Kier alpha value is -3.51. The molecule has 1 atom stereocenters. The van der Waals surface area contributed by atoms with Crippen molar-refractivity contribution in [3.05, 3.63) is 83.9 Å². The van der Waals surface area contributed by atoms with Crippen molar-refractivity contribution in [1.29, 1.82) is 0 Å². The molecule has 0 bridgehead atoms. The van der Waals surface area contributed by atoms with Crippen LogP contribution in [0.3, 0.4) is 0 Å². The molecule has 1 heterocycles. The third-order valence-electron chi connectivity index (χ3n) is 5.58. The van der Waals surface area contributed by atoms with Gasteiger partial charge in [-0.2, -0.15) is 0 Å². The number of nitrogens with zero attached hydrogens (tertiary/aromatic N) is 1. The molecule has 0 radical (unpaired) electrons. The number of methoxy groups -OCH3 is 1. The third kappa shape index (κ3) is 5.02. The highest BCUT2D eigenvalue weighted by Crippen LogP contribution is 2.45. The lowest BCUT2D eigenvalue weighted by molar-refractivity contribution is -0.134. The van der Waals surface area contributed by atoms with Gasteiger partial charge in [-0.1, -0.05) is 36.4 Å². The largest absolute Gasteiger partial charge is 0.496 e. The molecule has 1 aliphatic rings. The van der Waals surface area contributed by atoms with Crippen molar-refractivity contribution in [1.82, 2.24) is 4.90 Å². The average Bonchev–Trinajstić information content (AvgIpc) is 3.03. The van der Waals surface area contributed by atoms with Gasteiger partial charge in [-0.25, -0.2) is 0 Å². The summed E-state index contributed by atoms with van der Waals surface area (Å²) in [6.45, 7) is 7.88. The molecule has 34 heavy (non-hydrogen) atoms. The van der Waals surface area contributed by atoms with E-state index in [2.05, 4.69) is 0 Å². The van der Waals surface area contributed by atoms with Crippen molar-refractivity contribution in [3.63, 3.8) is 0 Å². The van der Waals surface area contributed by atoms with Gasteiger partial charge in [0.15, 0.2) is 6.23 Å². The molecule has 3 aromatic rings. The zero-order valence-electron chi connectivity index (χ0n) is 20.3. The molecule has 0 saturated carbocycles. The van der Waals surface area contributed by atoms with Crippen LogP contribution in [0.1, 0.15) is 45.0 Å². The van der Waals surface area contributed by atoms with Gasteiger partial charge in [0.1, 0.15) is 28.6 Å². The number of carbonyl (C=O) groups excluding carboxylic acids is 1. The minimum absolute atomic E-state index is 0.0402. The highest BCUT2D eigenvalue weighted by molar-refractivity contribution is 5.86. The molecule has 1 amide bonds. The molecule has 1 saturated heterocycles. The molecular weight excluding hydrogens is 430 g/mol. The predicted molar refractivity (Wildman–Crippen MR) is 130 cm³/mol. The van der Waals surface area contributed by atoms with E-state index in [9.17, 15) is 4.79 Å². The number of hydrogen-bond donors (Lipinski definition) is 0. The fourth-order valence-electron chi connectivity index (χ4n) is 4.00. The number of hydrogen-bond acceptors (Lipinski definition) is 5. The Kier molecular flexibility index (Phi) is 6.80. The molecular formula is C28H31NO5. The van der Waals surface area contributed by atoms with Gasteiger partial charge in [-0.05, 0) is 69.7 Å². The van der Waals surface area contributed by atoms with Gasteiger partial charge < -0.3 is 23.8 Å². The molecule has 0 N–H and O–H groups in total. The van der Waals surface area contributed by atoms with E-state index in [-0.39, 0.29) is 12.0 Å². The second kappa shape index (κ2) is 9.77. The lowest BCUT2D eigenvalue weighted by Gasteiger charge is -2.27. The molecule has 1 fully saturated rings. The highest BCUT2D eigenvalue weighted by Gasteiger charge is 2.48. The second-order valence-corrected chi connectivity index (χ2v) is 9.01. The highest BCUT2D eigenvalue weighted by atomic mass is 16.6. The summed E-state index contributed by atoms with van der Waals surface area (Å²) in [5, 5.41) is 0. The van der Waals surface area contributed by atoms with E-state index < -0.39 is 11.8 Å². The van der Waals surface area contributed by atoms with Crippen molar-refractivity contribution < 1.29 is 23.7 Å². The Morgan fingerprint density at radius 1 is 0.912 bits per heavy atom. The Labute approximate surface area is 201 Å². The summed E-state index contributed by atoms with van der Waals surface area (Å²) in [5.74, 6) is 2.66. The van der Waals surface area contributed by atoms with Crippen molar-refractivity contribution in [3.8, 4) is 23.0 Å². The minimum Gasteiger partial charge on any atom is -0.496 e. The molecule has 0 spiro atoms. The van der Waals surface area contributed by atoms with Gasteiger partial charge in [-0.3, -0.25) is 4.79 Å². The quantitative estimate of drug-likeness (QED) is 0.405. The zero-order valence-corrected chi connectivity index (χ0v) is 20.3. The Bertz CT molecular complexity index is 1130. The summed E-state index contributed by atoms with van der Waals surface area (Å²) in [4.78, 5) is 15.1. The number of para-hydroxylation sites is 1. The number of ether oxygens (including phenoxy) is 4. The zero-order chi connectivity index (χ0) is 24.3. The van der Waals surface area contributed by atoms with E-state index in [1.807, 2.05) is 86.6 Å². The Balaban J connectivity index is 1.62. The fraction of sp³-hybridized carbons (Fsp3) is 0.321. The summed E-state index contributed by atoms with van der Waals surface area (Å²) < 4.78 is 23.9. The maximum Gasteiger partial charge on any atom is 0.256 e. The Morgan fingerprint density at radius 2 is 1.56 bits per heavy atom. The molecule has 3 aromatic carbocycles. The first-order valence-corrected chi connectivity index (χ1v) is 11.4. The topological polar surface area (TPSA) is 57.2 Å². The van der Waals surface area contributed by atoms with Crippen LogP contribution in [0.25, 0.3) is 0 Å². The predicted octanol–water partition coefficient (Wildman–Crippen LogP) is 6.11. The van der Waals surface area contributed by atoms with E-state index in [4.69, 9.17) is 18.9 Å². The van der Waals surface area contributed by atoms with Gasteiger partial charge >= 0.3 is 0 Å². The first kappa shape index (κ1) is 23.6. The number of rotatable bonds is 8. The van der Waals surface area contributed by atoms with Gasteiger partial charge in [-0.15, -0.1) is 0 Å². The molecule has 1 unspecified atom stereocenters. The number of carbonyl (C=O) groups is 1. The summed E-state index contributed by atoms with van der Waals surface area (Å²) in [6, 6.07) is 23.0. The van der Waals surface area contributed by atoms with Gasteiger partial charge in [0.05, 0.1) is 18.8 Å². The van der Waals surface area contributed by atoms with Crippen LogP contribution in [-0.4, -0.2) is 29.6 Å². The summed E-state index contributed by atoms with van der Waals surface area (Å²) in [6.07, 6.45) is -0.686. The van der Waals surface area contributed by atoms with Crippen LogP contribution in [0, 0.1) is 0 Å². The lowest BCUT2D eigenvalue weighted by Crippen LogP contribution is -2.35. The van der Waals surface area contributed by atoms with Crippen LogP contribution in [0.15, 0.2) is 72.8 Å². The maximum absolute atomic E-state index is 13.4. The Morgan fingerprint density at radius 3 is 2.21 bits per heavy atom. The van der Waals surface area contributed by atoms with E-state index >= 15 is 0 Å². The van der Waals surface area contributed by atoms with Crippen LogP contribution < -0.4 is 14.2 Å². The molecule has 0 aromatic heterocycles. The third-order valence-corrected chi connectivity index (χ3v) is 5.58. The monoisotopic (exact) mass is 461 g/mol. The number of benzene rings is 3. The van der Waals surface area contributed by atoms with Crippen molar-refractivity contribution >= 4 is 5.91 Å². The lowest BCUT2D eigenvalue weighted by atomic mass is 10.1. The van der Waals surface area contributed by atoms with Gasteiger partial charge in [0.25, 0.3) is 5.91 Å². The summed E-state index contributed by atoms with van der Waals surface area (Å²) in [7, 11) is 1.61. The standard InChI is InChI=1S/C28H31NO5/c1-19(2)32-24-13-9-12-23(31-5)25(24)26-29(27(30)28(3,4)34-26)18-20-14-16-22(17-15-20)33-21-10-7-6-8-11-21/h6-17,19,26H,18H2,1-5H3. The van der Waals surface area contributed by atoms with Crippen molar-refractivity contribution in [2.45, 2.75) is 52.2 Å². The molecule has 0 aliphatic carbocycles. The summed E-state index contributed by atoms with van der Waals surface area (Å²) in [5.41, 5.74) is 0.694. The first-order valence-electron chi connectivity index (χ1n) is 11.4. The first-order chi connectivity index (χ1) is 16.3. The SMILES string of the molecule is COc1cccc(OC(C)C)c1C1OC(C)(C)C(=O)N1Cc1ccc(Oc2ccccc2)cc1. The van der Waals surface area contributed by atoms with E-state index in [0.717, 1.165) is 17.1 Å². The normalized spacial score (nSPS) is 17.2. The molecule has 1 aliphatic heterocycles. The maximum atomic E-state index is 13.4. The van der Waals surface area contributed by atoms with Crippen LogP contribution in [-0.2, 0) is 16.1 Å². The number of amides is 1. The van der Waals surface area contributed by atoms with E-state index in [0.29, 0.717) is 23.6 Å². The molecule has 6 heteroatoms. The van der Waals surface area contributed by atoms with Gasteiger partial charge in [0.2, 0.25) is 0 Å². The second-order valence-electron chi connectivity index (χ2n) is 9.01.